The van der Waals surface area contributed by atoms with E-state index in [0.717, 1.165) is 76.7 Å². The third-order valence-electron chi connectivity index (χ3n) is 11.1. The molecule has 1 aromatic rings. The number of carbonyl (C=O) groups excluding carboxylic acids is 6. The minimum absolute atomic E-state index is 0.0628. The number of aromatic nitrogens is 2. The van der Waals surface area contributed by atoms with Crippen molar-refractivity contribution in [2.45, 2.75) is 121 Å². The summed E-state index contributed by atoms with van der Waals surface area (Å²) in [5, 5.41) is 14.5. The van der Waals surface area contributed by atoms with Crippen molar-refractivity contribution in [1.82, 2.24) is 41.5 Å². The van der Waals surface area contributed by atoms with E-state index in [9.17, 15) is 28.8 Å². The molecule has 5 rings (SSSR count). The van der Waals surface area contributed by atoms with Gasteiger partial charge in [0.05, 0.1) is 12.1 Å². The molecule has 4 fully saturated rings. The molecule has 51 heavy (non-hydrogen) atoms. The normalized spacial score (nSPS) is 23.9. The molecule has 0 spiro atoms. The summed E-state index contributed by atoms with van der Waals surface area (Å²) in [5.74, 6) is -3.07. The Hall–Kier alpha value is -4.36. The molecule has 14 heteroatoms. The molecule has 5 N–H and O–H groups in total. The van der Waals surface area contributed by atoms with Crippen LogP contribution in [0.5, 0.6) is 0 Å². The van der Waals surface area contributed by atoms with Crippen molar-refractivity contribution in [2.24, 2.45) is 23.7 Å². The van der Waals surface area contributed by atoms with Gasteiger partial charge < -0.3 is 31.5 Å². The Morgan fingerprint density at radius 3 is 2.37 bits per heavy atom. The van der Waals surface area contributed by atoms with E-state index in [0.29, 0.717) is 13.0 Å². The number of fused-ring (bicyclic) bond motifs is 1. The summed E-state index contributed by atoms with van der Waals surface area (Å²) in [6.45, 7) is 7.44. The van der Waals surface area contributed by atoms with Gasteiger partial charge >= 0.3 is 0 Å². The molecule has 1 saturated heterocycles. The molecule has 6 amide bonds. The van der Waals surface area contributed by atoms with Crippen molar-refractivity contribution in [3.8, 4) is 0 Å². The molecule has 4 aliphatic rings. The number of amides is 6. The Bertz CT molecular complexity index is 1430. The van der Waals surface area contributed by atoms with E-state index in [2.05, 4.69) is 43.1 Å². The second-order valence-corrected chi connectivity index (χ2v) is 14.7. The van der Waals surface area contributed by atoms with Crippen LogP contribution in [0.25, 0.3) is 0 Å². The molecule has 3 aliphatic carbocycles. The summed E-state index contributed by atoms with van der Waals surface area (Å²) in [4.78, 5) is 90.9. The van der Waals surface area contributed by atoms with Gasteiger partial charge in [0.25, 0.3) is 5.91 Å². The van der Waals surface area contributed by atoms with E-state index in [-0.39, 0.29) is 47.8 Å². The molecule has 2 heterocycles. The van der Waals surface area contributed by atoms with Crippen LogP contribution in [0.1, 0.15) is 101 Å². The lowest BCUT2D eigenvalue weighted by Gasteiger charge is -2.34. The highest BCUT2D eigenvalue weighted by Crippen LogP contribution is 2.42. The minimum Gasteiger partial charge on any atom is -0.353 e. The number of likely N-dealkylation sites (tertiary alicyclic amines) is 1. The van der Waals surface area contributed by atoms with E-state index in [1.807, 2.05) is 13.8 Å². The summed E-state index contributed by atoms with van der Waals surface area (Å²) < 4.78 is 0. The number of hydrogen-bond donors (Lipinski definition) is 5. The molecule has 7 atom stereocenters. The van der Waals surface area contributed by atoms with E-state index in [1.54, 1.807) is 4.90 Å². The second-order valence-electron chi connectivity index (χ2n) is 14.7. The Labute approximate surface area is 300 Å². The average molecular weight is 707 g/mol. The third-order valence-corrected chi connectivity index (χ3v) is 11.1. The lowest BCUT2D eigenvalue weighted by molar-refractivity contribution is -0.143. The van der Waals surface area contributed by atoms with Crippen molar-refractivity contribution >= 4 is 35.4 Å². The van der Waals surface area contributed by atoms with Crippen molar-refractivity contribution in [2.75, 3.05) is 13.1 Å². The maximum atomic E-state index is 14.5. The van der Waals surface area contributed by atoms with Crippen LogP contribution < -0.4 is 26.6 Å². The first-order valence-corrected chi connectivity index (χ1v) is 18.8. The van der Waals surface area contributed by atoms with Gasteiger partial charge in [-0.25, -0.2) is 4.98 Å². The second kappa shape index (κ2) is 17.7. The first-order valence-electron chi connectivity index (χ1n) is 18.8. The molecule has 1 aliphatic heterocycles. The van der Waals surface area contributed by atoms with Gasteiger partial charge in [-0.1, -0.05) is 52.5 Å². The Kier molecular flexibility index (Phi) is 13.2. The van der Waals surface area contributed by atoms with Crippen molar-refractivity contribution < 1.29 is 28.8 Å². The average Bonchev–Trinajstić information content (AvgIpc) is 3.71. The SMILES string of the molecule is C=CC(=O)NC[C@H](NC(=O)[C@@H](NC(=O)c1cnccn1)C1CCCCC1)C(=O)N1C[C@@H]2CCC[C@@H]2[C@H]1C(=O)N[C@@H](CCC)C(C)C(=O)NC1CC1. The van der Waals surface area contributed by atoms with Crippen LogP contribution in [0.3, 0.4) is 0 Å². The molecule has 0 radical (unpaired) electrons. The predicted octanol–water partition coefficient (Wildman–Crippen LogP) is 1.77. The molecule has 278 valence electrons. The zero-order chi connectivity index (χ0) is 36.5. The fraction of sp³-hybridized carbons (Fsp3) is 0.676. The van der Waals surface area contributed by atoms with E-state index in [4.69, 9.17) is 0 Å². The summed E-state index contributed by atoms with van der Waals surface area (Å²) in [5.41, 5.74) is 0.0650. The van der Waals surface area contributed by atoms with Crippen molar-refractivity contribution in [1.29, 1.82) is 0 Å². The van der Waals surface area contributed by atoms with Crippen LogP contribution in [0, 0.1) is 23.7 Å². The van der Waals surface area contributed by atoms with Crippen LogP contribution in [0.15, 0.2) is 31.2 Å². The van der Waals surface area contributed by atoms with E-state index < -0.39 is 53.7 Å². The zero-order valence-corrected chi connectivity index (χ0v) is 29.9. The molecule has 0 aromatic carbocycles. The largest absolute Gasteiger partial charge is 0.353 e. The molecule has 0 bridgehead atoms. The lowest BCUT2D eigenvalue weighted by Crippen LogP contribution is -2.61. The van der Waals surface area contributed by atoms with Gasteiger partial charge in [-0.15, -0.1) is 0 Å². The molecular formula is C37H54N8O6. The third kappa shape index (κ3) is 9.70. The zero-order valence-electron chi connectivity index (χ0n) is 29.9. The fourth-order valence-electron chi connectivity index (χ4n) is 8.07. The van der Waals surface area contributed by atoms with Crippen LogP contribution in [-0.2, 0) is 24.0 Å². The first kappa shape index (κ1) is 37.9. The van der Waals surface area contributed by atoms with E-state index in [1.165, 1.54) is 18.6 Å². The highest BCUT2D eigenvalue weighted by atomic mass is 16.2. The number of rotatable bonds is 16. The van der Waals surface area contributed by atoms with Gasteiger partial charge in [0, 0.05) is 37.6 Å². The van der Waals surface area contributed by atoms with Crippen LogP contribution in [0.2, 0.25) is 0 Å². The summed E-state index contributed by atoms with van der Waals surface area (Å²) in [7, 11) is 0. The molecule has 14 nitrogen and oxygen atoms in total. The van der Waals surface area contributed by atoms with Gasteiger partial charge in [-0.05, 0) is 68.8 Å². The van der Waals surface area contributed by atoms with Crippen LogP contribution in [0.4, 0.5) is 0 Å². The van der Waals surface area contributed by atoms with Gasteiger partial charge in [0.15, 0.2) is 0 Å². The van der Waals surface area contributed by atoms with Gasteiger partial charge in [-0.3, -0.25) is 33.8 Å². The van der Waals surface area contributed by atoms with Gasteiger partial charge in [0.1, 0.15) is 23.8 Å². The first-order chi connectivity index (χ1) is 24.6. The number of hydrogen-bond acceptors (Lipinski definition) is 8. The fourth-order valence-corrected chi connectivity index (χ4v) is 8.07. The maximum absolute atomic E-state index is 14.5. The quantitative estimate of drug-likeness (QED) is 0.161. The standard InChI is InChI=1S/C37H54N8O6/c1-4-10-27(22(3)33(47)41-25-15-16-25)42-36(50)32-26-14-9-13-24(26)21-45(32)37(51)29(20-40-30(46)5-2)43-35(49)31(23-11-7-6-8-12-23)44-34(48)28-19-38-17-18-39-28/h5,17-19,22-27,29,31-32H,2,4,6-16,20-21H2,1,3H3,(H,40,46)(H,41,47)(H,42,50)(H,43,49)(H,44,48)/t22?,24-,26-,27-,29-,31-,32-/m0/s1. The lowest BCUT2D eigenvalue weighted by atomic mass is 9.83. The Morgan fingerprint density at radius 1 is 0.941 bits per heavy atom. The Balaban J connectivity index is 1.36. The van der Waals surface area contributed by atoms with E-state index >= 15 is 0 Å². The van der Waals surface area contributed by atoms with Crippen molar-refractivity contribution in [3.63, 3.8) is 0 Å². The molecule has 1 unspecified atom stereocenters. The molecule has 1 aromatic heterocycles. The number of nitrogens with one attached hydrogen (secondary N) is 5. The van der Waals surface area contributed by atoms with Gasteiger partial charge in [0.2, 0.25) is 29.5 Å². The minimum atomic E-state index is -1.22. The summed E-state index contributed by atoms with van der Waals surface area (Å²) in [6.07, 6.45) is 15.4. The summed E-state index contributed by atoms with van der Waals surface area (Å²) in [6, 6.07) is -3.17. The highest BCUT2D eigenvalue weighted by Gasteiger charge is 2.51. The smallest absolute Gasteiger partial charge is 0.272 e. The summed E-state index contributed by atoms with van der Waals surface area (Å²) >= 11 is 0. The predicted molar refractivity (Wildman–Crippen MR) is 188 cm³/mol. The van der Waals surface area contributed by atoms with Gasteiger partial charge in [-0.2, -0.15) is 0 Å². The maximum Gasteiger partial charge on any atom is 0.272 e. The number of nitrogens with zero attached hydrogens (tertiary/aromatic N) is 3. The Morgan fingerprint density at radius 2 is 1.71 bits per heavy atom. The molecular weight excluding hydrogens is 652 g/mol. The topological polar surface area (TPSA) is 192 Å². The van der Waals surface area contributed by atoms with Crippen LogP contribution >= 0.6 is 0 Å². The molecule has 3 saturated carbocycles. The van der Waals surface area contributed by atoms with Crippen LogP contribution in [-0.4, -0.2) is 93.6 Å². The highest BCUT2D eigenvalue weighted by molar-refractivity contribution is 5.98. The number of carbonyl (C=O) groups is 6. The van der Waals surface area contributed by atoms with Crippen molar-refractivity contribution in [3.05, 3.63) is 36.9 Å². The monoisotopic (exact) mass is 706 g/mol.